The third kappa shape index (κ3) is 5.76. The summed E-state index contributed by atoms with van der Waals surface area (Å²) in [6.45, 7) is 0.244. The van der Waals surface area contributed by atoms with Crippen LogP contribution in [0.1, 0.15) is 75.3 Å². The predicted octanol–water partition coefficient (Wildman–Crippen LogP) is 4.70. The number of amides is 1. The Balaban J connectivity index is 1.65. The number of alkyl halides is 3. The fourth-order valence-corrected chi connectivity index (χ4v) is 5.12. The molecular formula is C24H32F3N5O3. The molecule has 4 rings (SSSR count). The molecule has 2 aromatic rings. The largest absolute Gasteiger partial charge is 0.488 e. The highest BCUT2D eigenvalue weighted by Crippen LogP contribution is 2.39. The highest BCUT2D eigenvalue weighted by Gasteiger charge is 2.38. The molecule has 0 spiro atoms. The SMILES string of the molecule is COC(CN(C=O)C1CCCC1)c1c(-c2ccc(OC3CCCCC3)c(C(F)(F)F)n2)nnn1C. The molecule has 35 heavy (non-hydrogen) atoms. The van der Waals surface area contributed by atoms with E-state index in [1.807, 2.05) is 0 Å². The lowest BCUT2D eigenvalue weighted by Gasteiger charge is -2.28. The average molecular weight is 496 g/mol. The third-order valence-electron chi connectivity index (χ3n) is 6.98. The zero-order chi connectivity index (χ0) is 25.0. The van der Waals surface area contributed by atoms with Gasteiger partial charge in [0, 0.05) is 20.2 Å². The van der Waals surface area contributed by atoms with Crippen LogP contribution >= 0.6 is 0 Å². The van der Waals surface area contributed by atoms with Gasteiger partial charge in [-0.25, -0.2) is 9.67 Å². The van der Waals surface area contributed by atoms with E-state index in [0.717, 1.165) is 64.2 Å². The molecule has 2 aliphatic carbocycles. The Morgan fingerprint density at radius 2 is 1.83 bits per heavy atom. The van der Waals surface area contributed by atoms with Gasteiger partial charge in [0.25, 0.3) is 0 Å². The van der Waals surface area contributed by atoms with Crippen molar-refractivity contribution in [2.75, 3.05) is 13.7 Å². The molecule has 0 saturated heterocycles. The summed E-state index contributed by atoms with van der Waals surface area (Å²) in [4.78, 5) is 17.4. The fourth-order valence-electron chi connectivity index (χ4n) is 5.12. The van der Waals surface area contributed by atoms with Gasteiger partial charge in [0.15, 0.2) is 11.4 Å². The van der Waals surface area contributed by atoms with Crippen LogP contribution in [0, 0.1) is 0 Å². The maximum Gasteiger partial charge on any atom is 0.437 e. The monoisotopic (exact) mass is 495 g/mol. The zero-order valence-corrected chi connectivity index (χ0v) is 20.1. The molecule has 192 valence electrons. The van der Waals surface area contributed by atoms with E-state index in [2.05, 4.69) is 15.3 Å². The predicted molar refractivity (Wildman–Crippen MR) is 122 cm³/mol. The van der Waals surface area contributed by atoms with Gasteiger partial charge in [0.05, 0.1) is 24.0 Å². The molecule has 1 amide bonds. The number of ether oxygens (including phenoxy) is 2. The van der Waals surface area contributed by atoms with Gasteiger partial charge in [-0.15, -0.1) is 5.10 Å². The van der Waals surface area contributed by atoms with Gasteiger partial charge < -0.3 is 14.4 Å². The lowest BCUT2D eigenvalue weighted by atomic mass is 9.98. The standard InChI is InChI=1S/C24H32F3N5O3/c1-31-22(20(34-2)14-32(15-33)16-8-6-7-9-16)21(29-30-31)18-12-13-19(23(28-18)24(25,26)27)35-17-10-4-3-5-11-17/h12-13,15-17,20H,3-11,14H2,1-2H3. The van der Waals surface area contributed by atoms with E-state index in [-0.39, 0.29) is 35.8 Å². The van der Waals surface area contributed by atoms with E-state index in [4.69, 9.17) is 9.47 Å². The van der Waals surface area contributed by atoms with E-state index in [1.165, 1.54) is 23.9 Å². The molecule has 2 aliphatic rings. The van der Waals surface area contributed by atoms with Crippen LogP contribution in [0.5, 0.6) is 5.75 Å². The molecule has 11 heteroatoms. The van der Waals surface area contributed by atoms with Crippen LogP contribution < -0.4 is 4.74 Å². The molecule has 1 unspecified atom stereocenters. The highest BCUT2D eigenvalue weighted by molar-refractivity contribution is 5.59. The van der Waals surface area contributed by atoms with Crippen molar-refractivity contribution < 1.29 is 27.4 Å². The number of aryl methyl sites for hydroxylation is 1. The number of hydrogen-bond acceptors (Lipinski definition) is 6. The van der Waals surface area contributed by atoms with Crippen LogP contribution in [-0.4, -0.2) is 57.1 Å². The first-order chi connectivity index (χ1) is 16.8. The van der Waals surface area contributed by atoms with Crippen molar-refractivity contribution in [1.82, 2.24) is 24.9 Å². The van der Waals surface area contributed by atoms with Gasteiger partial charge in [-0.2, -0.15) is 13.2 Å². The van der Waals surface area contributed by atoms with Gasteiger partial charge >= 0.3 is 6.18 Å². The molecule has 2 heterocycles. The van der Waals surface area contributed by atoms with E-state index in [1.54, 1.807) is 11.9 Å². The minimum absolute atomic E-state index is 0.0250. The maximum atomic E-state index is 14.0. The third-order valence-corrected chi connectivity index (χ3v) is 6.98. The van der Waals surface area contributed by atoms with Gasteiger partial charge in [0.1, 0.15) is 11.8 Å². The summed E-state index contributed by atoms with van der Waals surface area (Å²) in [5.41, 5.74) is -0.408. The van der Waals surface area contributed by atoms with Crippen molar-refractivity contribution in [1.29, 1.82) is 0 Å². The number of pyridine rings is 1. The summed E-state index contributed by atoms with van der Waals surface area (Å²) in [7, 11) is 3.14. The number of aromatic nitrogens is 4. The summed E-state index contributed by atoms with van der Waals surface area (Å²) in [6, 6.07) is 2.92. The first kappa shape index (κ1) is 25.4. The van der Waals surface area contributed by atoms with Crippen molar-refractivity contribution in [3.05, 3.63) is 23.5 Å². The Morgan fingerprint density at radius 3 is 2.46 bits per heavy atom. The van der Waals surface area contributed by atoms with Crippen molar-refractivity contribution in [3.8, 4) is 17.1 Å². The molecule has 2 aromatic heterocycles. The maximum absolute atomic E-state index is 14.0. The summed E-state index contributed by atoms with van der Waals surface area (Å²) in [6.07, 6.45) is 3.62. The van der Waals surface area contributed by atoms with Crippen LogP contribution in [0.4, 0.5) is 13.2 Å². The number of carbonyl (C=O) groups excluding carboxylic acids is 1. The summed E-state index contributed by atoms with van der Waals surface area (Å²) < 4.78 is 54.8. The van der Waals surface area contributed by atoms with E-state index >= 15 is 0 Å². The van der Waals surface area contributed by atoms with E-state index in [9.17, 15) is 18.0 Å². The molecule has 1 atom stereocenters. The van der Waals surface area contributed by atoms with Crippen LogP contribution in [-0.2, 0) is 22.8 Å². The van der Waals surface area contributed by atoms with Gasteiger partial charge in [-0.3, -0.25) is 4.79 Å². The molecule has 8 nitrogen and oxygen atoms in total. The van der Waals surface area contributed by atoms with Gasteiger partial charge in [-0.05, 0) is 50.7 Å². The van der Waals surface area contributed by atoms with Crippen LogP contribution in [0.25, 0.3) is 11.4 Å². The van der Waals surface area contributed by atoms with E-state index < -0.39 is 18.0 Å². The normalized spacial score (nSPS) is 18.5. The van der Waals surface area contributed by atoms with E-state index in [0.29, 0.717) is 5.69 Å². The Morgan fingerprint density at radius 1 is 1.14 bits per heavy atom. The Bertz CT molecular complexity index is 1000. The number of hydrogen-bond donors (Lipinski definition) is 0. The minimum Gasteiger partial charge on any atom is -0.488 e. The minimum atomic E-state index is -4.69. The van der Waals surface area contributed by atoms with Gasteiger partial charge in [0.2, 0.25) is 6.41 Å². The number of halogens is 3. The molecule has 2 fully saturated rings. The van der Waals surface area contributed by atoms with Crippen molar-refractivity contribution in [2.45, 2.75) is 82.2 Å². The van der Waals surface area contributed by atoms with Crippen LogP contribution in [0.2, 0.25) is 0 Å². The number of nitrogens with zero attached hydrogens (tertiary/aromatic N) is 5. The lowest BCUT2D eigenvalue weighted by Crippen LogP contribution is -2.36. The number of carbonyl (C=O) groups is 1. The summed E-state index contributed by atoms with van der Waals surface area (Å²) >= 11 is 0. The highest BCUT2D eigenvalue weighted by atomic mass is 19.4. The zero-order valence-electron chi connectivity index (χ0n) is 20.1. The summed E-state index contributed by atoms with van der Waals surface area (Å²) in [5, 5.41) is 8.14. The van der Waals surface area contributed by atoms with Crippen molar-refractivity contribution in [3.63, 3.8) is 0 Å². The first-order valence-electron chi connectivity index (χ1n) is 12.2. The van der Waals surface area contributed by atoms with Crippen molar-refractivity contribution in [2.24, 2.45) is 7.05 Å². The number of methoxy groups -OCH3 is 1. The summed E-state index contributed by atoms with van der Waals surface area (Å²) in [5.74, 6) is -0.268. The first-order valence-corrected chi connectivity index (χ1v) is 12.2. The molecular weight excluding hydrogens is 463 g/mol. The Kier molecular flexibility index (Phi) is 7.93. The quantitative estimate of drug-likeness (QED) is 0.469. The van der Waals surface area contributed by atoms with Crippen molar-refractivity contribution >= 4 is 6.41 Å². The lowest BCUT2D eigenvalue weighted by molar-refractivity contribution is -0.143. The fraction of sp³-hybridized carbons (Fsp3) is 0.667. The second-order valence-corrected chi connectivity index (χ2v) is 9.33. The molecule has 0 aliphatic heterocycles. The topological polar surface area (TPSA) is 82.4 Å². The second-order valence-electron chi connectivity index (χ2n) is 9.33. The molecule has 0 bridgehead atoms. The van der Waals surface area contributed by atoms with Crippen LogP contribution in [0.15, 0.2) is 12.1 Å². The average Bonchev–Trinajstić information content (AvgIpc) is 3.51. The molecule has 0 radical (unpaired) electrons. The molecule has 0 N–H and O–H groups in total. The number of rotatable bonds is 9. The Hall–Kier alpha value is -2.69. The molecule has 2 saturated carbocycles. The van der Waals surface area contributed by atoms with Crippen LogP contribution in [0.3, 0.4) is 0 Å². The van der Waals surface area contributed by atoms with Gasteiger partial charge in [-0.1, -0.05) is 24.5 Å². The smallest absolute Gasteiger partial charge is 0.437 e. The molecule has 0 aromatic carbocycles. The second kappa shape index (κ2) is 10.9. The Labute approximate surface area is 202 Å².